The molecule has 1 aliphatic carbocycles. The number of nitrogens with zero attached hydrogens (tertiary/aromatic N) is 1. The summed E-state index contributed by atoms with van der Waals surface area (Å²) >= 11 is 6.27. The second kappa shape index (κ2) is 8.21. The van der Waals surface area contributed by atoms with Gasteiger partial charge in [0.2, 0.25) is 12.3 Å². The second-order valence-electron chi connectivity index (χ2n) is 7.31. The van der Waals surface area contributed by atoms with Gasteiger partial charge in [-0.15, -0.1) is 0 Å². The number of aromatic nitrogens is 1. The van der Waals surface area contributed by atoms with E-state index >= 15 is 0 Å². The van der Waals surface area contributed by atoms with Crippen LogP contribution in [0.2, 0.25) is 5.02 Å². The summed E-state index contributed by atoms with van der Waals surface area (Å²) in [5.41, 5.74) is 1.08. The Kier molecular flexibility index (Phi) is 6.14. The van der Waals surface area contributed by atoms with Crippen molar-refractivity contribution in [3.05, 3.63) is 35.0 Å². The van der Waals surface area contributed by atoms with Gasteiger partial charge in [0, 0.05) is 49.4 Å². The molecule has 148 valence electrons. The van der Waals surface area contributed by atoms with E-state index in [0.29, 0.717) is 40.8 Å². The van der Waals surface area contributed by atoms with Crippen LogP contribution in [0.15, 0.2) is 24.4 Å². The van der Waals surface area contributed by atoms with Crippen LogP contribution >= 0.6 is 11.6 Å². The molecular weight excluding hydrogens is 382 g/mol. The summed E-state index contributed by atoms with van der Waals surface area (Å²) in [5, 5.41) is 0.984. The Morgan fingerprint density at radius 3 is 2.63 bits per heavy atom. The molecular formula is C20H22ClF4NO. The van der Waals surface area contributed by atoms with Crippen molar-refractivity contribution in [3.8, 4) is 0 Å². The van der Waals surface area contributed by atoms with Crippen molar-refractivity contribution in [2.45, 2.75) is 63.8 Å². The van der Waals surface area contributed by atoms with Crippen molar-refractivity contribution >= 4 is 28.3 Å². The Morgan fingerprint density at radius 2 is 1.96 bits per heavy atom. The van der Waals surface area contributed by atoms with Crippen molar-refractivity contribution in [3.63, 3.8) is 0 Å². The highest BCUT2D eigenvalue weighted by atomic mass is 35.5. The van der Waals surface area contributed by atoms with Crippen LogP contribution in [0.1, 0.15) is 55.3 Å². The molecule has 0 radical (unpaired) electrons. The number of benzene rings is 1. The zero-order chi connectivity index (χ0) is 19.6. The molecule has 0 aliphatic heterocycles. The van der Waals surface area contributed by atoms with Gasteiger partial charge in [-0.25, -0.2) is 17.6 Å². The number of hydrogen-bond donors (Lipinski definition) is 0. The van der Waals surface area contributed by atoms with Crippen molar-refractivity contribution in [1.29, 1.82) is 0 Å². The first-order valence-electron chi connectivity index (χ1n) is 9.23. The fourth-order valence-corrected chi connectivity index (χ4v) is 4.07. The van der Waals surface area contributed by atoms with Gasteiger partial charge in [-0.3, -0.25) is 4.79 Å². The molecule has 1 fully saturated rings. The lowest BCUT2D eigenvalue weighted by molar-refractivity contribution is -0.0464. The van der Waals surface area contributed by atoms with Gasteiger partial charge in [-0.2, -0.15) is 0 Å². The number of carbonyl (C=O) groups excluding carboxylic acids is 1. The Hall–Kier alpha value is -1.56. The lowest BCUT2D eigenvalue weighted by Crippen LogP contribution is -2.24. The number of rotatable bonds is 7. The van der Waals surface area contributed by atoms with Crippen molar-refractivity contribution in [1.82, 2.24) is 4.57 Å². The molecule has 0 bridgehead atoms. The fraction of sp³-hybridized carbons (Fsp3) is 0.550. The Balaban J connectivity index is 1.74. The van der Waals surface area contributed by atoms with E-state index in [-0.39, 0.29) is 43.9 Å². The third-order valence-electron chi connectivity index (χ3n) is 5.36. The molecule has 0 unspecified atom stereocenters. The number of carbonyl (C=O) groups is 1. The number of Topliss-reactive ketones (excluding diaryl/α,β-unsaturated/α-hetero) is 1. The first-order valence-corrected chi connectivity index (χ1v) is 9.61. The zero-order valence-electron chi connectivity index (χ0n) is 14.9. The van der Waals surface area contributed by atoms with E-state index in [2.05, 4.69) is 0 Å². The van der Waals surface area contributed by atoms with E-state index in [9.17, 15) is 22.4 Å². The third kappa shape index (κ3) is 4.84. The van der Waals surface area contributed by atoms with Gasteiger partial charge in [0.05, 0.1) is 10.5 Å². The summed E-state index contributed by atoms with van der Waals surface area (Å²) in [4.78, 5) is 12.8. The third-order valence-corrected chi connectivity index (χ3v) is 5.68. The predicted octanol–water partition coefficient (Wildman–Crippen LogP) is 6.74. The molecule has 3 rings (SSSR count). The Morgan fingerprint density at radius 1 is 1.26 bits per heavy atom. The Labute approximate surface area is 160 Å². The van der Waals surface area contributed by atoms with Crippen LogP contribution < -0.4 is 0 Å². The molecule has 2 nitrogen and oxygen atoms in total. The topological polar surface area (TPSA) is 22.0 Å². The maximum Gasteiger partial charge on any atom is 0.248 e. The lowest BCUT2D eigenvalue weighted by Gasteiger charge is -2.27. The van der Waals surface area contributed by atoms with Gasteiger partial charge in [0.1, 0.15) is 0 Å². The number of halogens is 5. The maximum absolute atomic E-state index is 13.3. The van der Waals surface area contributed by atoms with Crippen molar-refractivity contribution in [2.24, 2.45) is 5.92 Å². The van der Waals surface area contributed by atoms with E-state index in [0.717, 1.165) is 0 Å². The summed E-state index contributed by atoms with van der Waals surface area (Å²) < 4.78 is 53.3. The number of aryl methyl sites for hydroxylation is 1. The van der Waals surface area contributed by atoms with Crippen LogP contribution in [0, 0.1) is 5.92 Å². The minimum atomic E-state index is -2.58. The first-order chi connectivity index (χ1) is 12.8. The largest absolute Gasteiger partial charge is 0.346 e. The van der Waals surface area contributed by atoms with E-state index < -0.39 is 12.3 Å². The lowest BCUT2D eigenvalue weighted by atomic mass is 9.83. The smallest absolute Gasteiger partial charge is 0.248 e. The zero-order valence-corrected chi connectivity index (χ0v) is 15.6. The van der Waals surface area contributed by atoms with Crippen LogP contribution in [0.5, 0.6) is 0 Å². The van der Waals surface area contributed by atoms with Crippen molar-refractivity contribution < 1.29 is 22.4 Å². The molecule has 7 heteroatoms. The van der Waals surface area contributed by atoms with E-state index in [1.54, 1.807) is 29.0 Å². The molecule has 1 aromatic heterocycles. The van der Waals surface area contributed by atoms with Crippen LogP contribution in [0.25, 0.3) is 10.9 Å². The van der Waals surface area contributed by atoms with Gasteiger partial charge >= 0.3 is 0 Å². The van der Waals surface area contributed by atoms with Crippen LogP contribution in [-0.2, 0) is 6.54 Å². The first kappa shape index (κ1) is 20.2. The van der Waals surface area contributed by atoms with Crippen LogP contribution in [0.4, 0.5) is 17.6 Å². The number of ketones is 1. The van der Waals surface area contributed by atoms with Crippen LogP contribution in [-0.4, -0.2) is 22.7 Å². The average molecular weight is 404 g/mol. The summed E-state index contributed by atoms with van der Waals surface area (Å²) in [6, 6.07) is 5.15. The monoisotopic (exact) mass is 403 g/mol. The SMILES string of the molecule is O=C(CCC1CCC(F)(F)CC1)c1cn(CCC(F)F)c2cccc(Cl)c12. The Bertz CT molecular complexity index is 808. The van der Waals surface area contributed by atoms with Crippen molar-refractivity contribution in [2.75, 3.05) is 0 Å². The van der Waals surface area contributed by atoms with Crippen LogP contribution in [0.3, 0.4) is 0 Å². The highest BCUT2D eigenvalue weighted by Crippen LogP contribution is 2.38. The molecule has 0 atom stereocenters. The molecule has 0 saturated heterocycles. The standard InChI is InChI=1S/C20H22ClF4NO/c21-15-2-1-3-16-19(15)14(12-26(16)11-8-18(22)23)17(27)5-4-13-6-9-20(24,25)10-7-13/h1-3,12-13,18H,4-11H2. The van der Waals surface area contributed by atoms with Gasteiger partial charge in [0.25, 0.3) is 0 Å². The summed E-state index contributed by atoms with van der Waals surface area (Å²) in [5.74, 6) is -2.58. The summed E-state index contributed by atoms with van der Waals surface area (Å²) in [6.07, 6.45) is 0.281. The highest BCUT2D eigenvalue weighted by Gasteiger charge is 2.34. The molecule has 0 amide bonds. The quantitative estimate of drug-likeness (QED) is 0.370. The van der Waals surface area contributed by atoms with Gasteiger partial charge in [-0.05, 0) is 37.3 Å². The van der Waals surface area contributed by atoms with E-state index in [1.165, 1.54) is 0 Å². The van der Waals surface area contributed by atoms with Gasteiger partial charge < -0.3 is 4.57 Å². The molecule has 1 aliphatic rings. The second-order valence-corrected chi connectivity index (χ2v) is 7.72. The molecule has 1 heterocycles. The summed E-state index contributed by atoms with van der Waals surface area (Å²) in [6.45, 7) is 0.0967. The molecule has 0 N–H and O–H groups in total. The number of fused-ring (bicyclic) bond motifs is 1. The highest BCUT2D eigenvalue weighted by molar-refractivity contribution is 6.37. The van der Waals surface area contributed by atoms with Gasteiger partial charge in [-0.1, -0.05) is 17.7 Å². The molecule has 27 heavy (non-hydrogen) atoms. The fourth-order valence-electron chi connectivity index (χ4n) is 3.80. The molecule has 1 aromatic carbocycles. The molecule has 0 spiro atoms. The number of hydrogen-bond acceptors (Lipinski definition) is 1. The number of alkyl halides is 4. The average Bonchev–Trinajstić information content (AvgIpc) is 2.99. The maximum atomic E-state index is 13.3. The molecule has 2 aromatic rings. The minimum absolute atomic E-state index is 0.0967. The molecule has 1 saturated carbocycles. The van der Waals surface area contributed by atoms with Gasteiger partial charge in [0.15, 0.2) is 5.78 Å². The normalized spacial score (nSPS) is 17.7. The summed E-state index contributed by atoms with van der Waals surface area (Å²) in [7, 11) is 0. The van der Waals surface area contributed by atoms with E-state index in [4.69, 9.17) is 11.6 Å². The predicted molar refractivity (Wildman–Crippen MR) is 98.0 cm³/mol. The van der Waals surface area contributed by atoms with E-state index in [1.807, 2.05) is 0 Å². The minimum Gasteiger partial charge on any atom is -0.346 e.